The van der Waals surface area contributed by atoms with Crippen LogP contribution in [0.25, 0.3) is 0 Å². The van der Waals surface area contributed by atoms with Crippen molar-refractivity contribution in [2.45, 2.75) is 6.54 Å². The van der Waals surface area contributed by atoms with E-state index in [0.29, 0.717) is 18.1 Å². The van der Waals surface area contributed by atoms with Gasteiger partial charge in [-0.2, -0.15) is 0 Å². The molecule has 0 atom stereocenters. The van der Waals surface area contributed by atoms with Gasteiger partial charge in [0.15, 0.2) is 0 Å². The molecule has 16 heavy (non-hydrogen) atoms. The van der Waals surface area contributed by atoms with Gasteiger partial charge in [-0.1, -0.05) is 12.1 Å². The predicted octanol–water partition coefficient (Wildman–Crippen LogP) is 1.91. The van der Waals surface area contributed by atoms with Gasteiger partial charge < -0.3 is 16.2 Å². The molecule has 2 aromatic rings. The van der Waals surface area contributed by atoms with Crippen LogP contribution in [0.2, 0.25) is 0 Å². The Bertz CT molecular complexity index is 468. The number of aromatic nitrogens is 1. The summed E-state index contributed by atoms with van der Waals surface area (Å²) in [6.07, 6.45) is 1.61. The average molecular weight is 215 g/mol. The Morgan fingerprint density at radius 3 is 2.44 bits per heavy atom. The Hall–Kier alpha value is -2.07. The van der Waals surface area contributed by atoms with Gasteiger partial charge in [-0.15, -0.1) is 0 Å². The fourth-order valence-corrected chi connectivity index (χ4v) is 1.32. The van der Waals surface area contributed by atoms with Crippen LogP contribution in [0, 0.1) is 0 Å². The van der Waals surface area contributed by atoms with Gasteiger partial charge in [-0.05, 0) is 23.8 Å². The van der Waals surface area contributed by atoms with Crippen LogP contribution in [-0.4, -0.2) is 4.98 Å². The topological polar surface area (TPSA) is 74.2 Å². The molecular formula is C12H13N3O. The molecular weight excluding hydrogens is 202 g/mol. The average Bonchev–Trinajstić information content (AvgIpc) is 2.30. The molecule has 4 heteroatoms. The zero-order valence-electron chi connectivity index (χ0n) is 8.76. The number of nitrogens with zero attached hydrogens (tertiary/aromatic N) is 1. The van der Waals surface area contributed by atoms with Gasteiger partial charge >= 0.3 is 0 Å². The third-order valence-corrected chi connectivity index (χ3v) is 2.15. The minimum Gasteiger partial charge on any atom is -0.457 e. The number of pyridine rings is 1. The molecule has 0 unspecified atom stereocenters. The summed E-state index contributed by atoms with van der Waals surface area (Å²) in [5.41, 5.74) is 12.1. The van der Waals surface area contributed by atoms with E-state index in [0.717, 1.165) is 11.3 Å². The molecule has 0 amide bonds. The molecule has 0 aliphatic heterocycles. The Labute approximate surface area is 93.9 Å². The molecule has 4 nitrogen and oxygen atoms in total. The highest BCUT2D eigenvalue weighted by molar-refractivity contribution is 5.39. The largest absolute Gasteiger partial charge is 0.457 e. The number of nitrogens with two attached hydrogens (primary N) is 2. The van der Waals surface area contributed by atoms with Crippen molar-refractivity contribution < 1.29 is 4.74 Å². The highest BCUT2D eigenvalue weighted by atomic mass is 16.5. The third kappa shape index (κ3) is 2.49. The first-order chi connectivity index (χ1) is 7.78. The van der Waals surface area contributed by atoms with Crippen molar-refractivity contribution in [3.05, 3.63) is 48.2 Å². The predicted molar refractivity (Wildman–Crippen MR) is 63.1 cm³/mol. The molecule has 0 fully saturated rings. The van der Waals surface area contributed by atoms with Crippen LogP contribution in [0.3, 0.4) is 0 Å². The molecule has 1 aromatic heterocycles. The Kier molecular flexibility index (Phi) is 3.03. The lowest BCUT2D eigenvalue weighted by Gasteiger charge is -2.06. The fraction of sp³-hybridized carbons (Fsp3) is 0.0833. The van der Waals surface area contributed by atoms with E-state index >= 15 is 0 Å². The minimum absolute atomic E-state index is 0.441. The van der Waals surface area contributed by atoms with Gasteiger partial charge in [0.25, 0.3) is 0 Å². The molecule has 2 rings (SSSR count). The summed E-state index contributed by atoms with van der Waals surface area (Å²) in [5.74, 6) is 1.87. The van der Waals surface area contributed by atoms with Crippen molar-refractivity contribution >= 4 is 5.82 Å². The van der Waals surface area contributed by atoms with Crippen LogP contribution in [0.1, 0.15) is 5.56 Å². The zero-order valence-corrected chi connectivity index (χ0v) is 8.76. The summed E-state index contributed by atoms with van der Waals surface area (Å²) < 4.78 is 5.60. The molecule has 0 aliphatic carbocycles. The number of hydrogen-bond donors (Lipinski definition) is 2. The molecule has 0 saturated heterocycles. The second kappa shape index (κ2) is 4.63. The second-order valence-electron chi connectivity index (χ2n) is 3.37. The quantitative estimate of drug-likeness (QED) is 0.820. The highest BCUT2D eigenvalue weighted by Crippen LogP contribution is 2.22. The van der Waals surface area contributed by atoms with Crippen molar-refractivity contribution in [2.75, 3.05) is 5.73 Å². The van der Waals surface area contributed by atoms with E-state index in [4.69, 9.17) is 16.2 Å². The van der Waals surface area contributed by atoms with Gasteiger partial charge in [0.2, 0.25) is 0 Å². The minimum atomic E-state index is 0.441. The zero-order chi connectivity index (χ0) is 11.4. The van der Waals surface area contributed by atoms with Gasteiger partial charge in [0, 0.05) is 18.8 Å². The van der Waals surface area contributed by atoms with Crippen LogP contribution < -0.4 is 16.2 Å². The number of hydrogen-bond acceptors (Lipinski definition) is 4. The Morgan fingerprint density at radius 2 is 1.81 bits per heavy atom. The van der Waals surface area contributed by atoms with Crippen LogP contribution in [0.15, 0.2) is 42.6 Å². The van der Waals surface area contributed by atoms with E-state index in [1.807, 2.05) is 24.3 Å². The van der Waals surface area contributed by atoms with Crippen LogP contribution >= 0.6 is 0 Å². The number of nitrogen functional groups attached to an aromatic ring is 1. The normalized spacial score (nSPS) is 10.1. The first-order valence-electron chi connectivity index (χ1n) is 4.96. The van der Waals surface area contributed by atoms with E-state index in [-0.39, 0.29) is 0 Å². The molecule has 0 bridgehead atoms. The maximum absolute atomic E-state index is 5.60. The summed E-state index contributed by atoms with van der Waals surface area (Å²) in [4.78, 5) is 3.89. The maximum atomic E-state index is 5.60. The monoisotopic (exact) mass is 215 g/mol. The molecule has 0 saturated carbocycles. The molecule has 4 N–H and O–H groups in total. The summed E-state index contributed by atoms with van der Waals surface area (Å²) in [6.45, 7) is 0.530. The lowest BCUT2D eigenvalue weighted by Crippen LogP contribution is -1.95. The number of ether oxygens (including phenoxy) is 1. The van der Waals surface area contributed by atoms with E-state index < -0.39 is 0 Å². The molecule has 82 valence electrons. The van der Waals surface area contributed by atoms with E-state index in [1.165, 1.54) is 0 Å². The second-order valence-corrected chi connectivity index (χ2v) is 3.37. The van der Waals surface area contributed by atoms with Crippen LogP contribution in [-0.2, 0) is 6.54 Å². The standard InChI is InChI=1S/C12H13N3O/c13-8-9-1-3-10(4-2-9)16-11-5-6-15-12(14)7-11/h1-7H,8,13H2,(H2,14,15). The van der Waals surface area contributed by atoms with Crippen LogP contribution in [0.4, 0.5) is 5.82 Å². The van der Waals surface area contributed by atoms with Gasteiger partial charge in [0.05, 0.1) is 0 Å². The molecule has 1 heterocycles. The number of benzene rings is 1. The Morgan fingerprint density at radius 1 is 1.06 bits per heavy atom. The summed E-state index contributed by atoms with van der Waals surface area (Å²) in [5, 5.41) is 0. The lowest BCUT2D eigenvalue weighted by atomic mass is 10.2. The fourth-order valence-electron chi connectivity index (χ4n) is 1.32. The van der Waals surface area contributed by atoms with E-state index in [9.17, 15) is 0 Å². The van der Waals surface area contributed by atoms with Crippen molar-refractivity contribution in [2.24, 2.45) is 5.73 Å². The SMILES string of the molecule is NCc1ccc(Oc2ccnc(N)c2)cc1. The van der Waals surface area contributed by atoms with E-state index in [2.05, 4.69) is 4.98 Å². The van der Waals surface area contributed by atoms with E-state index in [1.54, 1.807) is 18.3 Å². The summed E-state index contributed by atoms with van der Waals surface area (Å²) in [6, 6.07) is 11.0. The smallest absolute Gasteiger partial charge is 0.132 e. The molecule has 0 spiro atoms. The lowest BCUT2D eigenvalue weighted by molar-refractivity contribution is 0.482. The third-order valence-electron chi connectivity index (χ3n) is 2.15. The number of anilines is 1. The summed E-state index contributed by atoms with van der Waals surface area (Å²) in [7, 11) is 0. The van der Waals surface area contributed by atoms with Gasteiger partial charge in [0.1, 0.15) is 17.3 Å². The van der Waals surface area contributed by atoms with Gasteiger partial charge in [-0.3, -0.25) is 0 Å². The molecule has 0 aliphatic rings. The van der Waals surface area contributed by atoms with Crippen LogP contribution in [0.5, 0.6) is 11.5 Å². The molecule has 0 radical (unpaired) electrons. The van der Waals surface area contributed by atoms with Crippen molar-refractivity contribution in [3.63, 3.8) is 0 Å². The van der Waals surface area contributed by atoms with Crippen molar-refractivity contribution in [1.82, 2.24) is 4.98 Å². The summed E-state index contributed by atoms with van der Waals surface area (Å²) >= 11 is 0. The van der Waals surface area contributed by atoms with Crippen molar-refractivity contribution in [3.8, 4) is 11.5 Å². The van der Waals surface area contributed by atoms with Crippen molar-refractivity contribution in [1.29, 1.82) is 0 Å². The first-order valence-corrected chi connectivity index (χ1v) is 4.96. The van der Waals surface area contributed by atoms with Gasteiger partial charge in [-0.25, -0.2) is 4.98 Å². The maximum Gasteiger partial charge on any atom is 0.132 e. The first kappa shape index (κ1) is 10.4. The molecule has 1 aromatic carbocycles. The highest BCUT2D eigenvalue weighted by Gasteiger charge is 1.98. The Balaban J connectivity index is 2.14. The number of rotatable bonds is 3.